The second kappa shape index (κ2) is 9.94. The van der Waals surface area contributed by atoms with Crippen LogP contribution in [0.15, 0.2) is 67.0 Å². The van der Waals surface area contributed by atoms with Crippen molar-refractivity contribution in [2.75, 3.05) is 11.9 Å². The number of pyridine rings is 1. The summed E-state index contributed by atoms with van der Waals surface area (Å²) in [7, 11) is 0. The molecular formula is C23H20Cl2N2O2S. The van der Waals surface area contributed by atoms with E-state index in [1.54, 1.807) is 29.0 Å². The molecule has 0 radical (unpaired) electrons. The number of hydrogen-bond donors (Lipinski definition) is 1. The number of aromatic nitrogens is 1. The molecule has 0 aliphatic carbocycles. The topological polar surface area (TPSA) is 48.2 Å². The summed E-state index contributed by atoms with van der Waals surface area (Å²) in [4.78, 5) is 0.283. The summed E-state index contributed by atoms with van der Waals surface area (Å²) in [5.41, 5.74) is 2.43. The number of rotatable bonds is 6. The number of halogens is 2. The lowest BCUT2D eigenvalue weighted by molar-refractivity contribution is -0.578. The minimum absolute atomic E-state index is 0.271. The molecule has 0 atom stereocenters. The van der Waals surface area contributed by atoms with Gasteiger partial charge in [0.2, 0.25) is 5.70 Å². The molecule has 0 amide bonds. The summed E-state index contributed by atoms with van der Waals surface area (Å²) >= 11 is 17.7. The quantitative estimate of drug-likeness (QED) is 0.241. The summed E-state index contributed by atoms with van der Waals surface area (Å²) in [5.74, 6) is 0.491. The lowest BCUT2D eigenvalue weighted by Crippen LogP contribution is -2.40. The monoisotopic (exact) mass is 458 g/mol. The van der Waals surface area contributed by atoms with Crippen LogP contribution in [0.5, 0.6) is 5.75 Å². The summed E-state index contributed by atoms with van der Waals surface area (Å²) in [5, 5.41) is 17.2. The van der Waals surface area contributed by atoms with Crippen LogP contribution in [0.25, 0.3) is 11.5 Å². The molecule has 1 N–H and O–H groups in total. The Morgan fingerprint density at radius 3 is 2.47 bits per heavy atom. The summed E-state index contributed by atoms with van der Waals surface area (Å²) in [6.07, 6.45) is 3.63. The number of benzene rings is 2. The molecule has 1 heterocycles. The molecule has 0 fully saturated rings. The van der Waals surface area contributed by atoms with E-state index in [2.05, 4.69) is 5.32 Å². The Hall–Kier alpha value is -2.60. The smallest absolute Gasteiger partial charge is 0.238 e. The summed E-state index contributed by atoms with van der Waals surface area (Å²) in [6.45, 7) is 4.46. The van der Waals surface area contributed by atoms with E-state index < -0.39 is 0 Å². The van der Waals surface area contributed by atoms with Crippen LogP contribution in [0.1, 0.15) is 18.1 Å². The molecule has 0 saturated carbocycles. The Labute approximate surface area is 191 Å². The van der Waals surface area contributed by atoms with Gasteiger partial charge in [-0.25, -0.2) is 0 Å². The maximum atomic E-state index is 13.4. The first-order valence-electron chi connectivity index (χ1n) is 9.28. The van der Waals surface area contributed by atoms with Gasteiger partial charge in [0.25, 0.3) is 0 Å². The van der Waals surface area contributed by atoms with Crippen molar-refractivity contribution in [3.63, 3.8) is 0 Å². The third kappa shape index (κ3) is 5.30. The first-order chi connectivity index (χ1) is 14.4. The Balaban J connectivity index is 2.02. The fourth-order valence-corrected chi connectivity index (χ4v) is 3.45. The summed E-state index contributed by atoms with van der Waals surface area (Å²) in [6, 6.07) is 16.0. The SMILES string of the molecule is CCOc1ccc(NC(=S)C(=C([O-])c2ccc(Cl)c(Cl)c2)[n+]2cccc(C)c2)cc1. The molecule has 154 valence electrons. The Bertz CT molecular complexity index is 1100. The zero-order valence-electron chi connectivity index (χ0n) is 16.5. The van der Waals surface area contributed by atoms with Gasteiger partial charge in [-0.2, -0.15) is 4.57 Å². The lowest BCUT2D eigenvalue weighted by atomic mass is 10.1. The van der Waals surface area contributed by atoms with E-state index in [1.807, 2.05) is 56.4 Å². The van der Waals surface area contributed by atoms with Crippen molar-refractivity contribution in [2.45, 2.75) is 13.8 Å². The van der Waals surface area contributed by atoms with Crippen molar-refractivity contribution in [1.29, 1.82) is 0 Å². The number of aryl methyl sites for hydroxylation is 1. The first kappa shape index (κ1) is 22.1. The van der Waals surface area contributed by atoms with Crippen LogP contribution in [0, 0.1) is 6.92 Å². The van der Waals surface area contributed by atoms with Gasteiger partial charge in [0.1, 0.15) is 5.75 Å². The van der Waals surface area contributed by atoms with E-state index in [0.29, 0.717) is 27.9 Å². The Kier molecular flexibility index (Phi) is 7.32. The van der Waals surface area contributed by atoms with Crippen molar-refractivity contribution in [2.24, 2.45) is 0 Å². The molecule has 1 aromatic heterocycles. The fraction of sp³-hybridized carbons (Fsp3) is 0.130. The molecule has 0 aliphatic heterocycles. The highest BCUT2D eigenvalue weighted by atomic mass is 35.5. The van der Waals surface area contributed by atoms with Gasteiger partial charge in [-0.3, -0.25) is 0 Å². The maximum Gasteiger partial charge on any atom is 0.238 e. The van der Waals surface area contributed by atoms with E-state index in [0.717, 1.165) is 17.0 Å². The largest absolute Gasteiger partial charge is 0.867 e. The minimum atomic E-state index is -0.271. The van der Waals surface area contributed by atoms with Gasteiger partial charge in [-0.1, -0.05) is 41.5 Å². The molecule has 30 heavy (non-hydrogen) atoms. The molecule has 0 bridgehead atoms. The molecule has 3 rings (SSSR count). The normalized spacial score (nSPS) is 11.6. The highest BCUT2D eigenvalue weighted by Gasteiger charge is 2.19. The number of nitrogens with one attached hydrogen (secondary N) is 1. The van der Waals surface area contributed by atoms with Crippen molar-refractivity contribution in [1.82, 2.24) is 0 Å². The van der Waals surface area contributed by atoms with E-state index in [1.165, 1.54) is 0 Å². The second-order valence-corrected chi connectivity index (χ2v) is 7.73. The van der Waals surface area contributed by atoms with Crippen LogP contribution in [0.3, 0.4) is 0 Å². The Morgan fingerprint density at radius 2 is 1.83 bits per heavy atom. The van der Waals surface area contributed by atoms with Crippen LogP contribution in [0.2, 0.25) is 10.0 Å². The number of nitrogens with zero attached hydrogens (tertiary/aromatic N) is 1. The van der Waals surface area contributed by atoms with Crippen molar-refractivity contribution >= 4 is 57.6 Å². The van der Waals surface area contributed by atoms with E-state index in [4.69, 9.17) is 40.2 Å². The van der Waals surface area contributed by atoms with E-state index in [9.17, 15) is 5.11 Å². The average Bonchev–Trinajstić information content (AvgIpc) is 2.72. The fourth-order valence-electron chi connectivity index (χ4n) is 2.84. The molecule has 0 spiro atoms. The van der Waals surface area contributed by atoms with Crippen LogP contribution in [0.4, 0.5) is 5.69 Å². The molecule has 7 heteroatoms. The molecule has 3 aromatic rings. The molecular weight excluding hydrogens is 439 g/mol. The third-order valence-electron chi connectivity index (χ3n) is 4.24. The van der Waals surface area contributed by atoms with Crippen molar-refractivity contribution in [3.8, 4) is 5.75 Å². The van der Waals surface area contributed by atoms with Crippen LogP contribution in [-0.4, -0.2) is 11.6 Å². The van der Waals surface area contributed by atoms with Crippen molar-refractivity contribution < 1.29 is 14.4 Å². The molecule has 0 aliphatic rings. The first-order valence-corrected chi connectivity index (χ1v) is 10.4. The zero-order chi connectivity index (χ0) is 21.7. The van der Waals surface area contributed by atoms with E-state index >= 15 is 0 Å². The predicted octanol–water partition coefficient (Wildman–Crippen LogP) is 5.11. The van der Waals surface area contributed by atoms with Gasteiger partial charge in [-0.15, -0.1) is 0 Å². The highest BCUT2D eigenvalue weighted by molar-refractivity contribution is 7.81. The molecule has 2 aromatic carbocycles. The van der Waals surface area contributed by atoms with Crippen LogP contribution >= 0.6 is 35.4 Å². The Morgan fingerprint density at radius 1 is 1.10 bits per heavy atom. The highest BCUT2D eigenvalue weighted by Crippen LogP contribution is 2.26. The van der Waals surface area contributed by atoms with Gasteiger partial charge in [0, 0.05) is 17.3 Å². The average molecular weight is 459 g/mol. The third-order valence-corrected chi connectivity index (χ3v) is 5.28. The lowest BCUT2D eigenvalue weighted by Gasteiger charge is -2.17. The van der Waals surface area contributed by atoms with Crippen LogP contribution < -0.4 is 19.7 Å². The van der Waals surface area contributed by atoms with Gasteiger partial charge in [0.15, 0.2) is 17.4 Å². The van der Waals surface area contributed by atoms with Gasteiger partial charge >= 0.3 is 0 Å². The van der Waals surface area contributed by atoms with Crippen LogP contribution in [-0.2, 0) is 0 Å². The molecule has 4 nitrogen and oxygen atoms in total. The maximum absolute atomic E-state index is 13.4. The van der Waals surface area contributed by atoms with Gasteiger partial charge < -0.3 is 15.2 Å². The second-order valence-electron chi connectivity index (χ2n) is 6.51. The predicted molar refractivity (Wildman–Crippen MR) is 125 cm³/mol. The van der Waals surface area contributed by atoms with Gasteiger partial charge in [-0.05, 0) is 67.6 Å². The standard InChI is InChI=1S/C23H20Cl2N2O2S/c1-3-29-18-9-7-17(8-10-18)26-23(30)21(27-12-4-5-15(2)14-27)22(28)16-6-11-19(24)20(25)13-16/h4-14H,3H2,1-2H3,(H-,26,28,30). The molecule has 0 unspecified atom stereocenters. The number of thiocarbonyl (C=S) groups is 1. The van der Waals surface area contributed by atoms with E-state index in [-0.39, 0.29) is 10.7 Å². The summed E-state index contributed by atoms with van der Waals surface area (Å²) < 4.78 is 7.18. The zero-order valence-corrected chi connectivity index (χ0v) is 18.8. The molecule has 0 saturated heterocycles. The minimum Gasteiger partial charge on any atom is -0.867 e. The number of anilines is 1. The number of hydrogen-bond acceptors (Lipinski definition) is 3. The van der Waals surface area contributed by atoms with Crippen molar-refractivity contribution in [3.05, 3.63) is 88.2 Å². The van der Waals surface area contributed by atoms with Gasteiger partial charge in [0.05, 0.1) is 16.7 Å². The number of ether oxygens (including phenoxy) is 1.